The predicted molar refractivity (Wildman–Crippen MR) is 150 cm³/mol. The highest BCUT2D eigenvalue weighted by molar-refractivity contribution is 5.79. The van der Waals surface area contributed by atoms with E-state index >= 15 is 0 Å². The summed E-state index contributed by atoms with van der Waals surface area (Å²) in [4.78, 5) is 15.3. The van der Waals surface area contributed by atoms with Crippen molar-refractivity contribution in [3.63, 3.8) is 0 Å². The Morgan fingerprint density at radius 1 is 0.919 bits per heavy atom. The van der Waals surface area contributed by atoms with Gasteiger partial charge in [-0.25, -0.2) is 4.79 Å². The highest BCUT2D eigenvalue weighted by atomic mass is 16.6. The third-order valence-electron chi connectivity index (χ3n) is 8.23. The first-order chi connectivity index (χ1) is 18.3. The van der Waals surface area contributed by atoms with E-state index in [1.165, 1.54) is 72.8 Å². The molecule has 4 nitrogen and oxygen atoms in total. The zero-order valence-corrected chi connectivity index (χ0v) is 22.1. The average molecular weight is 500 g/mol. The van der Waals surface area contributed by atoms with Gasteiger partial charge in [0.1, 0.15) is 6.61 Å². The van der Waals surface area contributed by atoms with Crippen molar-refractivity contribution in [1.29, 1.82) is 0 Å². The largest absolute Gasteiger partial charge is 0.448 e. The maximum absolute atomic E-state index is 13.3. The van der Waals surface area contributed by atoms with Gasteiger partial charge in [-0.1, -0.05) is 98.4 Å². The lowest BCUT2D eigenvalue weighted by atomic mass is 9.91. The van der Waals surface area contributed by atoms with Gasteiger partial charge in [-0.15, -0.1) is 6.58 Å². The molecular formula is C33H41NO3. The molecule has 2 heterocycles. The molecule has 4 heteroatoms. The smallest absolute Gasteiger partial charge is 0.410 e. The van der Waals surface area contributed by atoms with Gasteiger partial charge >= 0.3 is 6.09 Å². The Bertz CT molecular complexity index is 1060. The number of ether oxygens (including phenoxy) is 2. The minimum absolute atomic E-state index is 0.0111. The Kier molecular flexibility index (Phi) is 8.78. The van der Waals surface area contributed by atoms with Crippen LogP contribution in [0.15, 0.2) is 72.8 Å². The Morgan fingerprint density at radius 2 is 1.57 bits per heavy atom. The molecule has 2 aromatic carbocycles. The molecule has 0 N–H and O–H groups in total. The van der Waals surface area contributed by atoms with E-state index in [2.05, 4.69) is 61.2 Å². The first-order valence-electron chi connectivity index (χ1n) is 14.3. The maximum atomic E-state index is 13.3. The number of morpholine rings is 1. The lowest BCUT2D eigenvalue weighted by molar-refractivity contribution is -0.0365. The van der Waals surface area contributed by atoms with E-state index in [-0.39, 0.29) is 24.1 Å². The van der Waals surface area contributed by atoms with Crippen LogP contribution in [0.3, 0.4) is 0 Å². The van der Waals surface area contributed by atoms with Crippen LogP contribution in [0.5, 0.6) is 0 Å². The number of hydrogen-bond donors (Lipinski definition) is 0. The molecule has 0 aromatic heterocycles. The first-order valence-corrected chi connectivity index (χ1v) is 14.3. The highest BCUT2D eigenvalue weighted by Crippen LogP contribution is 2.44. The number of unbranched alkanes of at least 4 members (excludes halogenated alkanes) is 7. The lowest BCUT2D eigenvalue weighted by Crippen LogP contribution is -2.56. The van der Waals surface area contributed by atoms with Crippen molar-refractivity contribution >= 4 is 6.09 Å². The second kappa shape index (κ2) is 12.6. The molecule has 37 heavy (non-hydrogen) atoms. The fourth-order valence-electron chi connectivity index (χ4n) is 6.35. The fraction of sp³-hybridized carbons (Fsp3) is 0.485. The van der Waals surface area contributed by atoms with E-state index < -0.39 is 0 Å². The van der Waals surface area contributed by atoms with Crippen molar-refractivity contribution < 1.29 is 14.3 Å². The molecule has 0 spiro atoms. The minimum Gasteiger partial charge on any atom is -0.448 e. The standard InChI is InChI=1S/C33H41NO3/c1-2-3-4-5-6-7-8-9-10-15-25-20-26-22-36-23-27(21-25)34(26)33(35)37-24-32-30-18-13-11-16-28(30)29-17-12-14-19-31(29)32/h2,11-14,16-20,26-27,32H,1,3-10,15,21-24H2. The number of nitrogens with zero attached hydrogens (tertiary/aromatic N) is 1. The van der Waals surface area contributed by atoms with Crippen LogP contribution in [0.25, 0.3) is 11.1 Å². The topological polar surface area (TPSA) is 38.8 Å². The zero-order valence-electron chi connectivity index (χ0n) is 22.1. The number of fused-ring (bicyclic) bond motifs is 5. The predicted octanol–water partition coefficient (Wildman–Crippen LogP) is 8.03. The third-order valence-corrected chi connectivity index (χ3v) is 8.23. The van der Waals surface area contributed by atoms with E-state index in [0.29, 0.717) is 19.8 Å². The Labute approximate surface area is 222 Å². The van der Waals surface area contributed by atoms with Gasteiger partial charge in [0, 0.05) is 5.92 Å². The Morgan fingerprint density at radius 3 is 2.24 bits per heavy atom. The number of benzene rings is 2. The fourth-order valence-corrected chi connectivity index (χ4v) is 6.35. The van der Waals surface area contributed by atoms with E-state index in [4.69, 9.17) is 9.47 Å². The summed E-state index contributed by atoms with van der Waals surface area (Å²) in [6.07, 6.45) is 16.4. The second-order valence-corrected chi connectivity index (χ2v) is 10.8. The summed E-state index contributed by atoms with van der Waals surface area (Å²) in [7, 11) is 0. The summed E-state index contributed by atoms with van der Waals surface area (Å²) in [6.45, 7) is 5.33. The van der Waals surface area contributed by atoms with Gasteiger partial charge in [-0.3, -0.25) is 4.90 Å². The van der Waals surface area contributed by atoms with Crippen LogP contribution >= 0.6 is 0 Å². The summed E-state index contributed by atoms with van der Waals surface area (Å²) in [5, 5.41) is 0. The van der Waals surface area contributed by atoms with Crippen molar-refractivity contribution in [2.75, 3.05) is 19.8 Å². The minimum atomic E-state index is -0.202. The van der Waals surface area contributed by atoms with Gasteiger partial charge < -0.3 is 9.47 Å². The second-order valence-electron chi connectivity index (χ2n) is 10.8. The number of amides is 1. The van der Waals surface area contributed by atoms with Crippen molar-refractivity contribution in [3.05, 3.63) is 84.0 Å². The SMILES string of the molecule is C=CCCCCCCCCCC1=CC2COCC(C1)N2C(=O)OCC1c2ccccc2-c2ccccc21. The van der Waals surface area contributed by atoms with E-state index in [1.807, 2.05) is 11.0 Å². The molecule has 2 atom stereocenters. The van der Waals surface area contributed by atoms with Gasteiger partial charge in [-0.05, 0) is 54.4 Å². The van der Waals surface area contributed by atoms with Gasteiger partial charge in [0.25, 0.3) is 0 Å². The first kappa shape index (κ1) is 25.8. The monoisotopic (exact) mass is 499 g/mol. The van der Waals surface area contributed by atoms with Crippen LogP contribution in [0.4, 0.5) is 4.79 Å². The van der Waals surface area contributed by atoms with Crippen LogP contribution in [0.2, 0.25) is 0 Å². The molecule has 3 aliphatic rings. The lowest BCUT2D eigenvalue weighted by Gasteiger charge is -2.44. The maximum Gasteiger partial charge on any atom is 0.410 e. The van der Waals surface area contributed by atoms with Gasteiger partial charge in [-0.2, -0.15) is 0 Å². The quantitative estimate of drug-likeness (QED) is 0.219. The van der Waals surface area contributed by atoms with Crippen LogP contribution in [0, 0.1) is 0 Å². The van der Waals surface area contributed by atoms with Crippen LogP contribution in [-0.2, 0) is 9.47 Å². The summed E-state index contributed by atoms with van der Waals surface area (Å²) in [5.41, 5.74) is 6.49. The molecule has 2 aromatic rings. The molecular weight excluding hydrogens is 458 g/mol. The normalized spacial score (nSPS) is 20.2. The average Bonchev–Trinajstić information content (AvgIpc) is 3.24. The summed E-state index contributed by atoms with van der Waals surface area (Å²) in [6, 6.07) is 17.0. The molecule has 1 aliphatic carbocycles. The van der Waals surface area contributed by atoms with E-state index in [9.17, 15) is 4.79 Å². The number of rotatable bonds is 12. The molecule has 1 amide bonds. The van der Waals surface area contributed by atoms with Crippen LogP contribution in [0.1, 0.15) is 81.3 Å². The molecule has 0 radical (unpaired) electrons. The molecule has 5 rings (SSSR count). The number of allylic oxidation sites excluding steroid dienone is 1. The number of carbonyl (C=O) groups is 1. The van der Waals surface area contributed by atoms with Gasteiger partial charge in [0.05, 0.1) is 25.3 Å². The number of hydrogen-bond acceptors (Lipinski definition) is 3. The Hall–Kier alpha value is -2.85. The van der Waals surface area contributed by atoms with E-state index in [0.717, 1.165) is 19.3 Å². The van der Waals surface area contributed by atoms with E-state index in [1.54, 1.807) is 0 Å². The molecule has 2 unspecified atom stereocenters. The van der Waals surface area contributed by atoms with Crippen LogP contribution < -0.4 is 0 Å². The molecule has 2 bridgehead atoms. The molecule has 1 fully saturated rings. The number of carbonyl (C=O) groups excluding carboxylic acids is 1. The van der Waals surface area contributed by atoms with Crippen molar-refractivity contribution in [1.82, 2.24) is 4.90 Å². The third kappa shape index (κ3) is 6.01. The zero-order chi connectivity index (χ0) is 25.5. The summed E-state index contributed by atoms with van der Waals surface area (Å²) >= 11 is 0. The molecule has 0 saturated carbocycles. The van der Waals surface area contributed by atoms with Crippen molar-refractivity contribution in [2.45, 2.75) is 82.2 Å². The molecule has 196 valence electrons. The molecule has 2 aliphatic heterocycles. The summed E-state index contributed by atoms with van der Waals surface area (Å²) < 4.78 is 11.8. The van der Waals surface area contributed by atoms with Crippen molar-refractivity contribution in [2.24, 2.45) is 0 Å². The Balaban J connectivity index is 1.12. The van der Waals surface area contributed by atoms with Gasteiger partial charge in [0.15, 0.2) is 0 Å². The molecule has 1 saturated heterocycles. The van der Waals surface area contributed by atoms with Crippen molar-refractivity contribution in [3.8, 4) is 11.1 Å². The van der Waals surface area contributed by atoms with Crippen LogP contribution in [-0.4, -0.2) is 42.9 Å². The summed E-state index contributed by atoms with van der Waals surface area (Å²) in [5.74, 6) is 0.0883. The highest BCUT2D eigenvalue weighted by Gasteiger charge is 2.39. The van der Waals surface area contributed by atoms with Gasteiger partial charge in [0.2, 0.25) is 0 Å².